The summed E-state index contributed by atoms with van der Waals surface area (Å²) >= 11 is 0. The second-order valence-electron chi connectivity index (χ2n) is 7.43. The van der Waals surface area contributed by atoms with E-state index >= 15 is 0 Å². The number of nitrogens with one attached hydrogen (secondary N) is 2. The molecule has 1 fully saturated rings. The summed E-state index contributed by atoms with van der Waals surface area (Å²) in [5.74, 6) is -2.02. The summed E-state index contributed by atoms with van der Waals surface area (Å²) in [6, 6.07) is 13.6. The predicted molar refractivity (Wildman–Crippen MR) is 108 cm³/mol. The number of nitrogens with two attached hydrogens (primary N) is 1. The fourth-order valence-electron chi connectivity index (χ4n) is 3.91. The summed E-state index contributed by atoms with van der Waals surface area (Å²) in [6.07, 6.45) is 0.227. The van der Waals surface area contributed by atoms with E-state index in [2.05, 4.69) is 10.6 Å². The van der Waals surface area contributed by atoms with Gasteiger partial charge in [-0.25, -0.2) is 0 Å². The lowest BCUT2D eigenvalue weighted by molar-refractivity contribution is -0.136. The zero-order chi connectivity index (χ0) is 21.3. The fraction of sp³-hybridized carbons (Fsp3) is 0.273. The lowest BCUT2D eigenvalue weighted by Crippen LogP contribution is -2.54. The van der Waals surface area contributed by atoms with Crippen molar-refractivity contribution in [1.82, 2.24) is 15.5 Å². The molecule has 154 valence electrons. The van der Waals surface area contributed by atoms with Crippen molar-refractivity contribution >= 4 is 23.6 Å². The largest absolute Gasteiger partial charge is 0.323 e. The van der Waals surface area contributed by atoms with Crippen molar-refractivity contribution in [3.8, 4) is 0 Å². The molecule has 0 radical (unpaired) electrons. The lowest BCUT2D eigenvalue weighted by atomic mass is 10.0. The van der Waals surface area contributed by atoms with E-state index in [-0.39, 0.29) is 24.4 Å². The molecule has 2 heterocycles. The second-order valence-corrected chi connectivity index (χ2v) is 7.43. The van der Waals surface area contributed by atoms with Crippen LogP contribution in [0.3, 0.4) is 0 Å². The van der Waals surface area contributed by atoms with Crippen LogP contribution in [0.1, 0.15) is 50.7 Å². The molecule has 0 bridgehead atoms. The molecule has 2 aliphatic heterocycles. The maximum Gasteiger partial charge on any atom is 0.262 e. The molecule has 2 unspecified atom stereocenters. The van der Waals surface area contributed by atoms with E-state index < -0.39 is 29.7 Å². The lowest BCUT2D eigenvalue weighted by Gasteiger charge is -2.27. The highest BCUT2D eigenvalue weighted by atomic mass is 16.2. The van der Waals surface area contributed by atoms with Gasteiger partial charge in [-0.15, -0.1) is 0 Å². The molecule has 4 N–H and O–H groups in total. The zero-order valence-electron chi connectivity index (χ0n) is 16.3. The van der Waals surface area contributed by atoms with Gasteiger partial charge in [-0.1, -0.05) is 42.5 Å². The van der Waals surface area contributed by atoms with Crippen molar-refractivity contribution < 1.29 is 19.2 Å². The maximum absolute atomic E-state index is 13.1. The van der Waals surface area contributed by atoms with E-state index in [9.17, 15) is 19.2 Å². The second kappa shape index (κ2) is 8.17. The molecule has 4 rings (SSSR count). The van der Waals surface area contributed by atoms with Gasteiger partial charge in [-0.3, -0.25) is 29.4 Å². The minimum atomic E-state index is -0.970. The molecular weight excluding hydrogens is 384 g/mol. The number of carbonyl (C=O) groups is 4. The van der Waals surface area contributed by atoms with Crippen LogP contribution in [0.15, 0.2) is 48.5 Å². The van der Waals surface area contributed by atoms with E-state index in [0.717, 1.165) is 10.5 Å². The first-order valence-electron chi connectivity index (χ1n) is 9.82. The molecule has 2 aliphatic rings. The summed E-state index contributed by atoms with van der Waals surface area (Å²) in [5.41, 5.74) is 8.44. The van der Waals surface area contributed by atoms with Crippen LogP contribution in [0.4, 0.5) is 0 Å². The molecule has 0 spiro atoms. The molecule has 0 aromatic heterocycles. The van der Waals surface area contributed by atoms with E-state index in [1.807, 2.05) is 30.3 Å². The highest BCUT2D eigenvalue weighted by Crippen LogP contribution is 2.29. The van der Waals surface area contributed by atoms with E-state index in [4.69, 9.17) is 5.73 Å². The number of hydrogen-bond acceptors (Lipinski definition) is 6. The van der Waals surface area contributed by atoms with Crippen LogP contribution < -0.4 is 16.4 Å². The number of fused-ring (bicyclic) bond motifs is 1. The molecule has 1 saturated heterocycles. The fourth-order valence-corrected chi connectivity index (χ4v) is 3.91. The zero-order valence-corrected chi connectivity index (χ0v) is 16.3. The highest BCUT2D eigenvalue weighted by molar-refractivity contribution is 6.24. The van der Waals surface area contributed by atoms with E-state index in [1.54, 1.807) is 18.2 Å². The average Bonchev–Trinajstić information content (AvgIpc) is 3.00. The summed E-state index contributed by atoms with van der Waals surface area (Å²) < 4.78 is 0. The highest BCUT2D eigenvalue weighted by Gasteiger charge is 2.45. The van der Waals surface area contributed by atoms with Crippen LogP contribution in [-0.2, 0) is 16.1 Å². The summed E-state index contributed by atoms with van der Waals surface area (Å²) in [5, 5.41) is 5.44. The van der Waals surface area contributed by atoms with Crippen LogP contribution >= 0.6 is 0 Å². The SMILES string of the molecule is NC(CNCc1cccc2c1C(=O)N(C1CCC(=O)NC1=O)C2=O)c1ccccc1. The molecule has 0 saturated carbocycles. The monoisotopic (exact) mass is 406 g/mol. The first kappa shape index (κ1) is 19.9. The van der Waals surface area contributed by atoms with Crippen molar-refractivity contribution in [3.63, 3.8) is 0 Å². The topological polar surface area (TPSA) is 122 Å². The Morgan fingerprint density at radius 2 is 1.80 bits per heavy atom. The van der Waals surface area contributed by atoms with Crippen molar-refractivity contribution in [3.05, 3.63) is 70.8 Å². The van der Waals surface area contributed by atoms with Gasteiger partial charge in [0, 0.05) is 25.6 Å². The molecule has 2 aromatic carbocycles. The van der Waals surface area contributed by atoms with Gasteiger partial charge in [-0.2, -0.15) is 0 Å². The summed E-state index contributed by atoms with van der Waals surface area (Å²) in [6.45, 7) is 0.846. The first-order valence-corrected chi connectivity index (χ1v) is 9.82. The summed E-state index contributed by atoms with van der Waals surface area (Å²) in [4.78, 5) is 50.5. The Labute approximate surface area is 173 Å². The quantitative estimate of drug-likeness (QED) is 0.612. The Morgan fingerprint density at radius 1 is 1.03 bits per heavy atom. The number of imide groups is 2. The Bertz CT molecular complexity index is 1020. The number of hydrogen-bond donors (Lipinski definition) is 3. The minimum absolute atomic E-state index is 0.0929. The Balaban J connectivity index is 1.49. The van der Waals surface area contributed by atoms with Crippen LogP contribution in [0.5, 0.6) is 0 Å². The van der Waals surface area contributed by atoms with Crippen molar-refractivity contribution in [2.45, 2.75) is 31.5 Å². The number of nitrogens with zero attached hydrogens (tertiary/aromatic N) is 1. The maximum atomic E-state index is 13.1. The number of carbonyl (C=O) groups excluding carboxylic acids is 4. The van der Waals surface area contributed by atoms with E-state index in [1.165, 1.54) is 0 Å². The number of piperidine rings is 1. The van der Waals surface area contributed by atoms with Gasteiger partial charge in [0.2, 0.25) is 11.8 Å². The molecule has 2 atom stereocenters. The molecule has 4 amide bonds. The van der Waals surface area contributed by atoms with Gasteiger partial charge >= 0.3 is 0 Å². The minimum Gasteiger partial charge on any atom is -0.323 e. The van der Waals surface area contributed by atoms with Gasteiger partial charge in [0.05, 0.1) is 11.1 Å². The molecule has 30 heavy (non-hydrogen) atoms. The number of rotatable bonds is 6. The standard InChI is InChI=1S/C22H22N4O4/c23-16(13-5-2-1-3-6-13)12-24-11-14-7-4-8-15-19(14)22(30)26(21(15)29)17-9-10-18(27)25-20(17)28/h1-8,16-17,24H,9-12,23H2,(H,25,27,28). The number of amides is 4. The normalized spacial score (nSPS) is 19.6. The predicted octanol–water partition coefficient (Wildman–Crippen LogP) is 0.877. The van der Waals surface area contributed by atoms with Crippen molar-refractivity contribution in [1.29, 1.82) is 0 Å². The van der Waals surface area contributed by atoms with Gasteiger partial charge in [0.15, 0.2) is 0 Å². The molecule has 8 heteroatoms. The molecule has 8 nitrogen and oxygen atoms in total. The van der Waals surface area contributed by atoms with Gasteiger partial charge in [0.25, 0.3) is 11.8 Å². The number of benzene rings is 2. The average molecular weight is 406 g/mol. The third kappa shape index (κ3) is 3.62. The van der Waals surface area contributed by atoms with Crippen LogP contribution in [0.25, 0.3) is 0 Å². The molecular formula is C22H22N4O4. The third-order valence-corrected chi connectivity index (χ3v) is 5.46. The van der Waals surface area contributed by atoms with Gasteiger partial charge < -0.3 is 11.1 Å². The Morgan fingerprint density at radius 3 is 2.53 bits per heavy atom. The van der Waals surface area contributed by atoms with Crippen LogP contribution in [0, 0.1) is 0 Å². The Kier molecular flexibility index (Phi) is 5.43. The summed E-state index contributed by atoms with van der Waals surface area (Å²) in [7, 11) is 0. The smallest absolute Gasteiger partial charge is 0.262 e. The van der Waals surface area contributed by atoms with Gasteiger partial charge in [0.1, 0.15) is 6.04 Å². The molecule has 0 aliphatic carbocycles. The van der Waals surface area contributed by atoms with Crippen LogP contribution in [-0.4, -0.2) is 41.1 Å². The van der Waals surface area contributed by atoms with Crippen molar-refractivity contribution in [2.75, 3.05) is 6.54 Å². The third-order valence-electron chi connectivity index (χ3n) is 5.46. The van der Waals surface area contributed by atoms with E-state index in [0.29, 0.717) is 24.2 Å². The first-order chi connectivity index (χ1) is 14.5. The van der Waals surface area contributed by atoms with Gasteiger partial charge in [-0.05, 0) is 23.6 Å². The van der Waals surface area contributed by atoms with Crippen LogP contribution in [0.2, 0.25) is 0 Å². The van der Waals surface area contributed by atoms with Crippen molar-refractivity contribution in [2.24, 2.45) is 5.73 Å². The molecule has 2 aromatic rings. The Hall–Kier alpha value is -3.36.